The van der Waals surface area contributed by atoms with Crippen molar-refractivity contribution in [2.24, 2.45) is 0 Å². The summed E-state index contributed by atoms with van der Waals surface area (Å²) in [6, 6.07) is 2.55. The van der Waals surface area contributed by atoms with E-state index in [0.29, 0.717) is 10.9 Å². The molecule has 0 aliphatic carbocycles. The highest BCUT2D eigenvalue weighted by molar-refractivity contribution is 5.79. The second-order valence-corrected chi connectivity index (χ2v) is 3.12. The normalized spacial score (nSPS) is 12.3. The summed E-state index contributed by atoms with van der Waals surface area (Å²) in [5, 5.41) is 6.87. The van der Waals surface area contributed by atoms with Gasteiger partial charge in [0, 0.05) is 5.39 Å². The summed E-state index contributed by atoms with van der Waals surface area (Å²) in [7, 11) is 0. The van der Waals surface area contributed by atoms with Crippen LogP contribution >= 0.6 is 0 Å². The first-order valence-electron chi connectivity index (χ1n) is 3.99. The summed E-state index contributed by atoms with van der Waals surface area (Å²) in [6.07, 6.45) is -2.80. The summed E-state index contributed by atoms with van der Waals surface area (Å²) >= 11 is 0. The van der Waals surface area contributed by atoms with Crippen LogP contribution in [-0.2, 0) is 6.18 Å². The number of H-pyrrole nitrogens is 1. The first kappa shape index (κ1) is 9.05. The zero-order valence-electron chi connectivity index (χ0n) is 7.31. The zero-order valence-corrected chi connectivity index (χ0v) is 7.31. The number of hydrogen-bond donors (Lipinski definition) is 1. The number of alkyl halides is 3. The molecule has 1 aromatic carbocycles. The van der Waals surface area contributed by atoms with Crippen LogP contribution in [0.2, 0.25) is 0 Å². The van der Waals surface area contributed by atoms with Crippen molar-refractivity contribution in [2.75, 3.05) is 0 Å². The lowest BCUT2D eigenvalue weighted by molar-refractivity contribution is -0.137. The summed E-state index contributed by atoms with van der Waals surface area (Å²) in [5.74, 6) is 0. The Morgan fingerprint density at radius 2 is 2.00 bits per heavy atom. The summed E-state index contributed by atoms with van der Waals surface area (Å²) in [5.41, 5.74) is 0.00331. The molecule has 1 heterocycles. The van der Waals surface area contributed by atoms with Gasteiger partial charge in [0.25, 0.3) is 0 Å². The van der Waals surface area contributed by atoms with Gasteiger partial charge in [0.15, 0.2) is 0 Å². The van der Waals surface area contributed by atoms with E-state index in [9.17, 15) is 13.2 Å². The second-order valence-electron chi connectivity index (χ2n) is 3.12. The summed E-state index contributed by atoms with van der Waals surface area (Å²) < 4.78 is 37.3. The van der Waals surface area contributed by atoms with E-state index in [-0.39, 0.29) is 5.56 Å². The van der Waals surface area contributed by atoms with Crippen molar-refractivity contribution in [1.82, 2.24) is 10.2 Å². The monoisotopic (exact) mass is 200 g/mol. The number of halogens is 3. The average Bonchev–Trinajstić information content (AvgIpc) is 2.47. The van der Waals surface area contributed by atoms with Gasteiger partial charge in [0.2, 0.25) is 0 Å². The molecule has 0 amide bonds. The Kier molecular flexibility index (Phi) is 1.77. The lowest BCUT2D eigenvalue weighted by Gasteiger charge is -2.09. The molecule has 0 aliphatic heterocycles. The molecule has 0 aliphatic rings. The van der Waals surface area contributed by atoms with Gasteiger partial charge in [0.05, 0.1) is 17.3 Å². The minimum atomic E-state index is -4.30. The molecular weight excluding hydrogens is 193 g/mol. The highest BCUT2D eigenvalue weighted by atomic mass is 19.4. The molecule has 0 atom stereocenters. The standard InChI is InChI=1S/C9H7F3N2/c1-5-2-6-4-13-14-8(6)3-7(5)9(10,11)12/h2-4H,1H3,(H,13,14). The van der Waals surface area contributed by atoms with Crippen LogP contribution in [0.4, 0.5) is 13.2 Å². The minimum Gasteiger partial charge on any atom is -0.278 e. The largest absolute Gasteiger partial charge is 0.416 e. The number of fused-ring (bicyclic) bond motifs is 1. The highest BCUT2D eigenvalue weighted by Gasteiger charge is 2.32. The summed E-state index contributed by atoms with van der Waals surface area (Å²) in [4.78, 5) is 0. The Morgan fingerprint density at radius 1 is 1.29 bits per heavy atom. The predicted octanol–water partition coefficient (Wildman–Crippen LogP) is 2.89. The van der Waals surface area contributed by atoms with Crippen molar-refractivity contribution in [2.45, 2.75) is 13.1 Å². The van der Waals surface area contributed by atoms with E-state index in [1.54, 1.807) is 0 Å². The van der Waals surface area contributed by atoms with Gasteiger partial charge in [-0.2, -0.15) is 18.3 Å². The number of nitrogens with zero attached hydrogens (tertiary/aromatic N) is 1. The van der Waals surface area contributed by atoms with Crippen molar-refractivity contribution in [1.29, 1.82) is 0 Å². The molecule has 0 saturated heterocycles. The lowest BCUT2D eigenvalue weighted by Crippen LogP contribution is -2.07. The van der Waals surface area contributed by atoms with Gasteiger partial charge in [-0.05, 0) is 24.6 Å². The molecule has 0 radical (unpaired) electrons. The molecule has 0 bridgehead atoms. The molecule has 14 heavy (non-hydrogen) atoms. The lowest BCUT2D eigenvalue weighted by atomic mass is 10.1. The fraction of sp³-hybridized carbons (Fsp3) is 0.222. The topological polar surface area (TPSA) is 28.7 Å². The van der Waals surface area contributed by atoms with Crippen molar-refractivity contribution in [3.05, 3.63) is 29.5 Å². The van der Waals surface area contributed by atoms with Gasteiger partial charge in [-0.25, -0.2) is 0 Å². The Bertz CT molecular complexity index is 470. The fourth-order valence-electron chi connectivity index (χ4n) is 1.41. The minimum absolute atomic E-state index is 0.214. The van der Waals surface area contributed by atoms with Crippen LogP contribution in [0.15, 0.2) is 18.3 Å². The quantitative estimate of drug-likeness (QED) is 0.695. The van der Waals surface area contributed by atoms with E-state index < -0.39 is 11.7 Å². The smallest absolute Gasteiger partial charge is 0.278 e. The van der Waals surface area contributed by atoms with E-state index in [0.717, 1.165) is 6.07 Å². The maximum absolute atomic E-state index is 12.4. The molecule has 2 rings (SSSR count). The van der Waals surface area contributed by atoms with E-state index >= 15 is 0 Å². The van der Waals surface area contributed by atoms with E-state index in [4.69, 9.17) is 0 Å². The number of aromatic amines is 1. The van der Waals surface area contributed by atoms with Gasteiger partial charge in [-0.1, -0.05) is 0 Å². The molecule has 1 aromatic heterocycles. The first-order chi connectivity index (χ1) is 6.48. The van der Waals surface area contributed by atoms with E-state index in [2.05, 4.69) is 10.2 Å². The number of aromatic nitrogens is 2. The van der Waals surface area contributed by atoms with E-state index in [1.165, 1.54) is 19.2 Å². The molecule has 0 spiro atoms. The molecular formula is C9H7F3N2. The third-order valence-corrected chi connectivity index (χ3v) is 2.09. The predicted molar refractivity (Wildman–Crippen MR) is 45.8 cm³/mol. The van der Waals surface area contributed by atoms with Crippen molar-refractivity contribution >= 4 is 10.9 Å². The summed E-state index contributed by atoms with van der Waals surface area (Å²) in [6.45, 7) is 1.44. The third kappa shape index (κ3) is 1.34. The highest BCUT2D eigenvalue weighted by Crippen LogP contribution is 2.33. The van der Waals surface area contributed by atoms with Gasteiger partial charge >= 0.3 is 6.18 Å². The Morgan fingerprint density at radius 3 is 2.64 bits per heavy atom. The van der Waals surface area contributed by atoms with Crippen LogP contribution < -0.4 is 0 Å². The number of aryl methyl sites for hydroxylation is 1. The second kappa shape index (κ2) is 2.73. The molecule has 2 aromatic rings. The fourth-order valence-corrected chi connectivity index (χ4v) is 1.41. The Balaban J connectivity index is 2.71. The molecule has 0 fully saturated rings. The first-order valence-corrected chi connectivity index (χ1v) is 3.99. The number of benzene rings is 1. The Hall–Kier alpha value is -1.52. The van der Waals surface area contributed by atoms with E-state index in [1.807, 2.05) is 0 Å². The zero-order chi connectivity index (χ0) is 10.3. The van der Waals surface area contributed by atoms with Crippen molar-refractivity contribution in [3.8, 4) is 0 Å². The molecule has 1 N–H and O–H groups in total. The van der Waals surface area contributed by atoms with Crippen LogP contribution in [0.1, 0.15) is 11.1 Å². The van der Waals surface area contributed by atoms with Gasteiger partial charge in [-0.15, -0.1) is 0 Å². The van der Waals surface area contributed by atoms with Crippen LogP contribution in [0, 0.1) is 6.92 Å². The third-order valence-electron chi connectivity index (χ3n) is 2.09. The molecule has 0 saturated carbocycles. The number of nitrogens with one attached hydrogen (secondary N) is 1. The van der Waals surface area contributed by atoms with Crippen LogP contribution in [0.3, 0.4) is 0 Å². The number of hydrogen-bond acceptors (Lipinski definition) is 1. The van der Waals surface area contributed by atoms with Gasteiger partial charge in [-0.3, -0.25) is 5.10 Å². The van der Waals surface area contributed by atoms with Crippen LogP contribution in [0.5, 0.6) is 0 Å². The molecule has 2 nitrogen and oxygen atoms in total. The van der Waals surface area contributed by atoms with Crippen LogP contribution in [0.25, 0.3) is 10.9 Å². The average molecular weight is 200 g/mol. The molecule has 74 valence electrons. The maximum atomic E-state index is 12.4. The van der Waals surface area contributed by atoms with Gasteiger partial charge in [0.1, 0.15) is 0 Å². The molecule has 5 heteroatoms. The maximum Gasteiger partial charge on any atom is 0.416 e. The van der Waals surface area contributed by atoms with Gasteiger partial charge < -0.3 is 0 Å². The Labute approximate surface area is 77.7 Å². The molecule has 0 unspecified atom stereocenters. The van der Waals surface area contributed by atoms with Crippen molar-refractivity contribution < 1.29 is 13.2 Å². The van der Waals surface area contributed by atoms with Crippen LogP contribution in [-0.4, -0.2) is 10.2 Å². The number of rotatable bonds is 0. The van der Waals surface area contributed by atoms with Crippen molar-refractivity contribution in [3.63, 3.8) is 0 Å². The SMILES string of the molecule is Cc1cc2cn[nH]c2cc1C(F)(F)F.